The highest BCUT2D eigenvalue weighted by molar-refractivity contribution is 6.05. The van der Waals surface area contributed by atoms with Crippen LogP contribution in [0.1, 0.15) is 22.8 Å². The predicted molar refractivity (Wildman–Crippen MR) is 56.7 cm³/mol. The molecule has 1 unspecified atom stereocenters. The maximum absolute atomic E-state index is 13.7. The molecule has 1 aliphatic rings. The van der Waals surface area contributed by atoms with Gasteiger partial charge in [-0.15, -0.1) is 0 Å². The Balaban J connectivity index is 2.71. The van der Waals surface area contributed by atoms with E-state index in [1.807, 2.05) is 0 Å². The highest BCUT2D eigenvalue weighted by atomic mass is 19.1. The Bertz CT molecular complexity index is 454. The van der Waals surface area contributed by atoms with Crippen LogP contribution in [0.5, 0.6) is 11.5 Å². The van der Waals surface area contributed by atoms with Crippen LogP contribution in [-0.2, 0) is 6.42 Å². The number of carbonyl (C=O) groups excluding carboxylic acids is 1. The van der Waals surface area contributed by atoms with Crippen molar-refractivity contribution >= 4 is 5.78 Å². The van der Waals surface area contributed by atoms with Crippen LogP contribution in [0.25, 0.3) is 0 Å². The zero-order valence-electron chi connectivity index (χ0n) is 9.46. The van der Waals surface area contributed by atoms with Crippen molar-refractivity contribution < 1.29 is 18.7 Å². The Morgan fingerprint density at radius 3 is 2.62 bits per heavy atom. The lowest BCUT2D eigenvalue weighted by atomic mass is 10.1. The van der Waals surface area contributed by atoms with E-state index in [9.17, 15) is 9.18 Å². The van der Waals surface area contributed by atoms with Gasteiger partial charge in [0.1, 0.15) is 5.82 Å². The van der Waals surface area contributed by atoms with E-state index in [1.165, 1.54) is 20.3 Å². The number of methoxy groups -OCH3 is 2. The second-order valence-electron chi connectivity index (χ2n) is 3.92. The van der Waals surface area contributed by atoms with Crippen LogP contribution in [0.3, 0.4) is 0 Å². The third-order valence-electron chi connectivity index (χ3n) is 2.93. The number of rotatable bonds is 2. The molecule has 16 heavy (non-hydrogen) atoms. The lowest BCUT2D eigenvalue weighted by Crippen LogP contribution is -2.05. The summed E-state index contributed by atoms with van der Waals surface area (Å²) in [6.07, 6.45) is 0.431. The largest absolute Gasteiger partial charge is 0.493 e. The minimum absolute atomic E-state index is 0.0790. The second kappa shape index (κ2) is 3.77. The Morgan fingerprint density at radius 1 is 1.38 bits per heavy atom. The Morgan fingerprint density at radius 2 is 2.06 bits per heavy atom. The molecule has 0 fully saturated rings. The molecule has 0 heterocycles. The topological polar surface area (TPSA) is 35.5 Å². The number of ketones is 1. The van der Waals surface area contributed by atoms with Crippen LogP contribution in [0.4, 0.5) is 4.39 Å². The minimum atomic E-state index is -0.398. The summed E-state index contributed by atoms with van der Waals surface area (Å²) in [7, 11) is 2.87. The van der Waals surface area contributed by atoms with Crippen LogP contribution in [0.15, 0.2) is 6.07 Å². The molecular formula is C12H13FO3. The number of halogens is 1. The molecule has 3 nitrogen and oxygen atoms in total. The highest BCUT2D eigenvalue weighted by Crippen LogP contribution is 2.41. The first-order chi connectivity index (χ1) is 7.60. The molecule has 1 aliphatic carbocycles. The number of hydrogen-bond donors (Lipinski definition) is 0. The standard InChI is InChI=1S/C12H13FO3/c1-6-4-7-8(13)5-9(15-2)12(16-3)10(7)11(6)14/h5-6H,4H2,1-3H3. The van der Waals surface area contributed by atoms with E-state index in [-0.39, 0.29) is 17.5 Å². The van der Waals surface area contributed by atoms with Crippen molar-refractivity contribution in [3.8, 4) is 11.5 Å². The number of benzene rings is 1. The molecule has 0 aliphatic heterocycles. The summed E-state index contributed by atoms with van der Waals surface area (Å²) in [4.78, 5) is 11.9. The van der Waals surface area contributed by atoms with Gasteiger partial charge >= 0.3 is 0 Å². The normalized spacial score (nSPS) is 18.5. The predicted octanol–water partition coefficient (Wildman–Crippen LogP) is 2.22. The van der Waals surface area contributed by atoms with Gasteiger partial charge < -0.3 is 9.47 Å². The van der Waals surface area contributed by atoms with Gasteiger partial charge in [0.05, 0.1) is 19.8 Å². The fourth-order valence-corrected chi connectivity index (χ4v) is 2.11. The van der Waals surface area contributed by atoms with E-state index in [4.69, 9.17) is 9.47 Å². The summed E-state index contributed by atoms with van der Waals surface area (Å²) in [5, 5.41) is 0. The van der Waals surface area contributed by atoms with E-state index in [2.05, 4.69) is 0 Å². The van der Waals surface area contributed by atoms with Crippen LogP contribution in [-0.4, -0.2) is 20.0 Å². The summed E-state index contributed by atoms with van der Waals surface area (Å²) in [5.74, 6) is -0.0602. The van der Waals surface area contributed by atoms with Crippen molar-refractivity contribution in [2.45, 2.75) is 13.3 Å². The summed E-state index contributed by atoms with van der Waals surface area (Å²) >= 11 is 0. The lowest BCUT2D eigenvalue weighted by molar-refractivity contribution is 0.0943. The molecule has 0 spiro atoms. The number of fused-ring (bicyclic) bond motifs is 1. The number of hydrogen-bond acceptors (Lipinski definition) is 3. The summed E-state index contributed by atoms with van der Waals surface area (Å²) in [6, 6.07) is 1.27. The van der Waals surface area contributed by atoms with Gasteiger partial charge in [-0.05, 0) is 6.42 Å². The van der Waals surface area contributed by atoms with Crippen LogP contribution < -0.4 is 9.47 Å². The summed E-state index contributed by atoms with van der Waals surface area (Å²) in [6.45, 7) is 1.79. The van der Waals surface area contributed by atoms with Gasteiger partial charge in [-0.3, -0.25) is 4.79 Å². The van der Waals surface area contributed by atoms with Crippen LogP contribution >= 0.6 is 0 Å². The minimum Gasteiger partial charge on any atom is -0.493 e. The molecule has 0 amide bonds. The van der Waals surface area contributed by atoms with E-state index in [0.717, 1.165) is 0 Å². The SMILES string of the molecule is COc1cc(F)c2c(c1OC)C(=O)C(C)C2. The molecule has 1 aromatic rings. The third kappa shape index (κ3) is 1.37. The Labute approximate surface area is 93.2 Å². The zero-order chi connectivity index (χ0) is 11.9. The van der Waals surface area contributed by atoms with Gasteiger partial charge in [0.25, 0.3) is 0 Å². The third-order valence-corrected chi connectivity index (χ3v) is 2.93. The molecule has 0 N–H and O–H groups in total. The lowest BCUT2D eigenvalue weighted by Gasteiger charge is -2.11. The first-order valence-electron chi connectivity index (χ1n) is 5.07. The Kier molecular flexibility index (Phi) is 2.58. The smallest absolute Gasteiger partial charge is 0.172 e. The molecule has 4 heteroatoms. The number of Topliss-reactive ketones (excluding diaryl/α,β-unsaturated/α-hetero) is 1. The molecule has 86 valence electrons. The zero-order valence-corrected chi connectivity index (χ0v) is 9.46. The molecule has 1 atom stereocenters. The Hall–Kier alpha value is -1.58. The van der Waals surface area contributed by atoms with Crippen molar-refractivity contribution in [3.63, 3.8) is 0 Å². The van der Waals surface area contributed by atoms with Gasteiger partial charge in [-0.1, -0.05) is 6.92 Å². The van der Waals surface area contributed by atoms with Gasteiger partial charge in [0.2, 0.25) is 0 Å². The molecule has 0 saturated heterocycles. The van der Waals surface area contributed by atoms with Crippen LogP contribution in [0, 0.1) is 11.7 Å². The molecule has 2 rings (SSSR count). The van der Waals surface area contributed by atoms with Crippen molar-refractivity contribution in [1.82, 2.24) is 0 Å². The average molecular weight is 224 g/mol. The van der Waals surface area contributed by atoms with Gasteiger partial charge in [0.15, 0.2) is 17.3 Å². The van der Waals surface area contributed by atoms with Crippen molar-refractivity contribution in [1.29, 1.82) is 0 Å². The van der Waals surface area contributed by atoms with Gasteiger partial charge in [-0.2, -0.15) is 0 Å². The molecule has 0 bridgehead atoms. The average Bonchev–Trinajstić information content (AvgIpc) is 2.57. The fourth-order valence-electron chi connectivity index (χ4n) is 2.11. The molecule has 0 radical (unpaired) electrons. The van der Waals surface area contributed by atoms with Crippen molar-refractivity contribution in [2.24, 2.45) is 5.92 Å². The van der Waals surface area contributed by atoms with E-state index >= 15 is 0 Å². The molecular weight excluding hydrogens is 211 g/mol. The first-order valence-corrected chi connectivity index (χ1v) is 5.07. The highest BCUT2D eigenvalue weighted by Gasteiger charge is 2.34. The van der Waals surface area contributed by atoms with Crippen molar-refractivity contribution in [2.75, 3.05) is 14.2 Å². The van der Waals surface area contributed by atoms with E-state index < -0.39 is 5.82 Å². The van der Waals surface area contributed by atoms with Crippen LogP contribution in [0.2, 0.25) is 0 Å². The van der Waals surface area contributed by atoms with E-state index in [1.54, 1.807) is 6.92 Å². The monoisotopic (exact) mass is 224 g/mol. The van der Waals surface area contributed by atoms with Gasteiger partial charge in [-0.25, -0.2) is 4.39 Å². The molecule has 1 aromatic carbocycles. The quantitative estimate of drug-likeness (QED) is 0.772. The van der Waals surface area contributed by atoms with E-state index in [0.29, 0.717) is 23.3 Å². The number of carbonyl (C=O) groups is 1. The number of ether oxygens (including phenoxy) is 2. The fraction of sp³-hybridized carbons (Fsp3) is 0.417. The summed E-state index contributed by atoms with van der Waals surface area (Å²) < 4.78 is 23.9. The molecule has 0 saturated carbocycles. The first kappa shape index (κ1) is 10.9. The maximum atomic E-state index is 13.7. The maximum Gasteiger partial charge on any atom is 0.172 e. The van der Waals surface area contributed by atoms with Crippen molar-refractivity contribution in [3.05, 3.63) is 23.0 Å². The van der Waals surface area contributed by atoms with Gasteiger partial charge in [0, 0.05) is 17.5 Å². The molecule has 0 aromatic heterocycles. The summed E-state index contributed by atoms with van der Waals surface area (Å²) in [5.41, 5.74) is 0.780. The second-order valence-corrected chi connectivity index (χ2v) is 3.92.